The van der Waals surface area contributed by atoms with Crippen molar-refractivity contribution in [2.45, 2.75) is 12.5 Å². The summed E-state index contributed by atoms with van der Waals surface area (Å²) in [4.78, 5) is 36.4. The lowest BCUT2D eigenvalue weighted by Crippen LogP contribution is -2.57. The van der Waals surface area contributed by atoms with E-state index in [4.69, 9.17) is 16.7 Å². The number of carboxylic acid groups (broad SMARTS) is 1. The average Bonchev–Trinajstić information content (AvgIpc) is 2.43. The standard InChI is InChI=1S/C13H12BrClN2O4/c14-8-5-7(1-2-9(8)15)13(21)17-4-3-16-12(20)10(17)6-11(18)19/h1-2,5,10H,3-4,6H2,(H,16,20)(H,18,19). The summed E-state index contributed by atoms with van der Waals surface area (Å²) in [6, 6.07) is 3.65. The Balaban J connectivity index is 2.27. The van der Waals surface area contributed by atoms with Gasteiger partial charge in [0.15, 0.2) is 0 Å². The van der Waals surface area contributed by atoms with Crippen LogP contribution in [0.15, 0.2) is 22.7 Å². The molecule has 2 amide bonds. The quantitative estimate of drug-likeness (QED) is 0.838. The molecule has 1 fully saturated rings. The third-order valence-electron chi connectivity index (χ3n) is 3.13. The highest BCUT2D eigenvalue weighted by Crippen LogP contribution is 2.24. The first-order chi connectivity index (χ1) is 9.90. The minimum Gasteiger partial charge on any atom is -0.481 e. The van der Waals surface area contributed by atoms with Crippen LogP contribution in [0.1, 0.15) is 16.8 Å². The number of halogens is 2. The monoisotopic (exact) mass is 374 g/mol. The molecule has 8 heteroatoms. The van der Waals surface area contributed by atoms with Gasteiger partial charge in [-0.05, 0) is 34.1 Å². The van der Waals surface area contributed by atoms with Crippen LogP contribution in [0.25, 0.3) is 0 Å². The molecule has 1 aromatic carbocycles. The van der Waals surface area contributed by atoms with Crippen LogP contribution in [0.3, 0.4) is 0 Å². The number of piperazine rings is 1. The Morgan fingerprint density at radius 1 is 1.48 bits per heavy atom. The summed E-state index contributed by atoms with van der Waals surface area (Å²) in [6.07, 6.45) is -0.424. The van der Waals surface area contributed by atoms with Crippen LogP contribution in [0.4, 0.5) is 0 Å². The highest BCUT2D eigenvalue weighted by atomic mass is 79.9. The second kappa shape index (κ2) is 6.44. The number of hydrogen-bond donors (Lipinski definition) is 2. The van der Waals surface area contributed by atoms with Gasteiger partial charge in [-0.25, -0.2) is 0 Å². The lowest BCUT2D eigenvalue weighted by molar-refractivity contribution is -0.142. The van der Waals surface area contributed by atoms with Crippen molar-refractivity contribution >= 4 is 45.3 Å². The second-order valence-corrected chi connectivity index (χ2v) is 5.79. The van der Waals surface area contributed by atoms with Gasteiger partial charge in [-0.15, -0.1) is 0 Å². The number of nitrogens with zero attached hydrogens (tertiary/aromatic N) is 1. The number of rotatable bonds is 3. The molecule has 0 spiro atoms. The maximum Gasteiger partial charge on any atom is 0.305 e. The smallest absolute Gasteiger partial charge is 0.305 e. The Morgan fingerprint density at radius 3 is 2.81 bits per heavy atom. The number of nitrogens with one attached hydrogen (secondary N) is 1. The summed E-state index contributed by atoms with van der Waals surface area (Å²) in [5, 5.41) is 11.9. The zero-order chi connectivity index (χ0) is 15.6. The van der Waals surface area contributed by atoms with Gasteiger partial charge in [0.2, 0.25) is 5.91 Å². The Labute approximate surface area is 134 Å². The molecule has 0 radical (unpaired) electrons. The fourth-order valence-electron chi connectivity index (χ4n) is 2.12. The van der Waals surface area contributed by atoms with Crippen molar-refractivity contribution < 1.29 is 19.5 Å². The van der Waals surface area contributed by atoms with Gasteiger partial charge in [0.05, 0.1) is 11.4 Å². The Kier molecular flexibility index (Phi) is 4.84. The summed E-state index contributed by atoms with van der Waals surface area (Å²) in [5.41, 5.74) is 0.344. The number of hydrogen-bond acceptors (Lipinski definition) is 3. The van der Waals surface area contributed by atoms with E-state index in [-0.39, 0.29) is 6.54 Å². The van der Waals surface area contributed by atoms with Crippen molar-refractivity contribution in [1.82, 2.24) is 10.2 Å². The molecule has 1 aromatic rings. The van der Waals surface area contributed by atoms with Crippen molar-refractivity contribution in [2.75, 3.05) is 13.1 Å². The van der Waals surface area contributed by atoms with Gasteiger partial charge in [0.1, 0.15) is 6.04 Å². The van der Waals surface area contributed by atoms with E-state index in [0.717, 1.165) is 0 Å². The molecular formula is C13H12BrClN2O4. The van der Waals surface area contributed by atoms with Crippen LogP contribution in [-0.2, 0) is 9.59 Å². The van der Waals surface area contributed by atoms with E-state index in [0.29, 0.717) is 21.6 Å². The van der Waals surface area contributed by atoms with Crippen molar-refractivity contribution in [2.24, 2.45) is 0 Å². The van der Waals surface area contributed by atoms with Gasteiger partial charge in [-0.1, -0.05) is 11.6 Å². The predicted molar refractivity (Wildman–Crippen MR) is 79.2 cm³/mol. The molecule has 2 N–H and O–H groups in total. The van der Waals surface area contributed by atoms with Crippen LogP contribution in [0.5, 0.6) is 0 Å². The van der Waals surface area contributed by atoms with E-state index in [1.807, 2.05) is 0 Å². The molecule has 21 heavy (non-hydrogen) atoms. The van der Waals surface area contributed by atoms with Crippen molar-refractivity contribution in [3.8, 4) is 0 Å². The maximum absolute atomic E-state index is 12.5. The number of benzene rings is 1. The number of carbonyl (C=O) groups excluding carboxylic acids is 2. The largest absolute Gasteiger partial charge is 0.481 e. The lowest BCUT2D eigenvalue weighted by Gasteiger charge is -2.34. The minimum absolute atomic E-state index is 0.267. The van der Waals surface area contributed by atoms with Gasteiger partial charge in [-0.3, -0.25) is 14.4 Å². The molecule has 1 aliphatic heterocycles. The van der Waals surface area contributed by atoms with Crippen LogP contribution in [0, 0.1) is 0 Å². The van der Waals surface area contributed by atoms with Crippen molar-refractivity contribution in [1.29, 1.82) is 0 Å². The van der Waals surface area contributed by atoms with Crippen LogP contribution >= 0.6 is 27.5 Å². The summed E-state index contributed by atoms with van der Waals surface area (Å²) in [6.45, 7) is 0.568. The molecule has 6 nitrogen and oxygen atoms in total. The second-order valence-electron chi connectivity index (χ2n) is 4.53. The Bertz CT molecular complexity index is 608. The van der Waals surface area contributed by atoms with Gasteiger partial charge < -0.3 is 15.3 Å². The molecule has 0 aromatic heterocycles. The number of carbonyl (C=O) groups is 3. The molecule has 1 aliphatic rings. The first-order valence-electron chi connectivity index (χ1n) is 6.15. The van der Waals surface area contributed by atoms with E-state index >= 15 is 0 Å². The molecule has 0 aliphatic carbocycles. The fourth-order valence-corrected chi connectivity index (χ4v) is 2.62. The third kappa shape index (κ3) is 3.54. The summed E-state index contributed by atoms with van der Waals surface area (Å²) < 4.78 is 0.561. The van der Waals surface area contributed by atoms with E-state index in [2.05, 4.69) is 21.2 Å². The highest BCUT2D eigenvalue weighted by molar-refractivity contribution is 9.10. The predicted octanol–water partition coefficient (Wildman–Crippen LogP) is 1.52. The average molecular weight is 376 g/mol. The van der Waals surface area contributed by atoms with E-state index < -0.39 is 30.2 Å². The molecule has 112 valence electrons. The molecule has 0 saturated carbocycles. The zero-order valence-corrected chi connectivity index (χ0v) is 13.1. The Hall–Kier alpha value is -1.60. The summed E-state index contributed by atoms with van der Waals surface area (Å²) in [5.74, 6) is -1.98. The molecule has 1 atom stereocenters. The van der Waals surface area contributed by atoms with Gasteiger partial charge >= 0.3 is 5.97 Å². The van der Waals surface area contributed by atoms with Crippen LogP contribution < -0.4 is 5.32 Å². The summed E-state index contributed by atoms with van der Waals surface area (Å²) >= 11 is 9.11. The van der Waals surface area contributed by atoms with E-state index in [1.165, 1.54) is 4.90 Å². The first kappa shape index (κ1) is 15.8. The molecule has 1 unspecified atom stereocenters. The number of carboxylic acids is 1. The summed E-state index contributed by atoms with van der Waals surface area (Å²) in [7, 11) is 0. The zero-order valence-electron chi connectivity index (χ0n) is 10.8. The first-order valence-corrected chi connectivity index (χ1v) is 7.33. The van der Waals surface area contributed by atoms with E-state index in [9.17, 15) is 14.4 Å². The van der Waals surface area contributed by atoms with Crippen molar-refractivity contribution in [3.05, 3.63) is 33.3 Å². The molecular weight excluding hydrogens is 364 g/mol. The van der Waals surface area contributed by atoms with Crippen LogP contribution in [0.2, 0.25) is 5.02 Å². The Morgan fingerprint density at radius 2 is 2.19 bits per heavy atom. The lowest BCUT2D eigenvalue weighted by atomic mass is 10.1. The maximum atomic E-state index is 12.5. The third-order valence-corrected chi connectivity index (χ3v) is 4.34. The molecule has 1 saturated heterocycles. The SMILES string of the molecule is O=C(O)CC1C(=O)NCCN1C(=O)c1ccc(Cl)c(Br)c1. The van der Waals surface area contributed by atoms with Crippen LogP contribution in [-0.4, -0.2) is 46.9 Å². The highest BCUT2D eigenvalue weighted by Gasteiger charge is 2.35. The molecule has 1 heterocycles. The number of amides is 2. The molecule has 2 rings (SSSR count). The van der Waals surface area contributed by atoms with Crippen molar-refractivity contribution in [3.63, 3.8) is 0 Å². The minimum atomic E-state index is -1.13. The van der Waals surface area contributed by atoms with Gasteiger partial charge in [0.25, 0.3) is 5.91 Å². The normalized spacial score (nSPS) is 18.3. The number of aliphatic carboxylic acids is 1. The fraction of sp³-hybridized carbons (Fsp3) is 0.308. The van der Waals surface area contributed by atoms with Gasteiger partial charge in [0, 0.05) is 23.1 Å². The molecule has 0 bridgehead atoms. The van der Waals surface area contributed by atoms with Gasteiger partial charge in [-0.2, -0.15) is 0 Å². The van der Waals surface area contributed by atoms with E-state index in [1.54, 1.807) is 18.2 Å². The topological polar surface area (TPSA) is 86.7 Å².